The summed E-state index contributed by atoms with van der Waals surface area (Å²) >= 11 is 5.46. The first kappa shape index (κ1) is 21.8. The van der Waals surface area contributed by atoms with Gasteiger partial charge in [0.05, 0.1) is 0 Å². The van der Waals surface area contributed by atoms with Crippen molar-refractivity contribution in [2.75, 3.05) is 26.4 Å². The smallest absolute Gasteiger partial charge is 0.374 e. The molecule has 0 radical (unpaired) electrons. The van der Waals surface area contributed by atoms with Gasteiger partial charge in [-0.2, -0.15) is 0 Å². The second kappa shape index (κ2) is 8.91. The van der Waals surface area contributed by atoms with Crippen LogP contribution in [0.4, 0.5) is 0 Å². The lowest BCUT2D eigenvalue weighted by atomic mass is 9.90. The third-order valence-corrected chi connectivity index (χ3v) is 7.48. The van der Waals surface area contributed by atoms with Crippen molar-refractivity contribution in [3.05, 3.63) is 0 Å². The molecule has 0 aliphatic carbocycles. The molecular weight excluding hydrogens is 344 g/mol. The molecule has 1 fully saturated rings. The van der Waals surface area contributed by atoms with Gasteiger partial charge >= 0.3 is 8.80 Å². The van der Waals surface area contributed by atoms with Crippen molar-refractivity contribution in [1.82, 2.24) is 10.2 Å². The predicted octanol–water partition coefficient (Wildman–Crippen LogP) is 2.49. The van der Waals surface area contributed by atoms with E-state index in [0.717, 1.165) is 6.42 Å². The summed E-state index contributed by atoms with van der Waals surface area (Å²) in [5, 5.41) is 14.7. The van der Waals surface area contributed by atoms with Gasteiger partial charge in [0.1, 0.15) is 5.72 Å². The summed E-state index contributed by atoms with van der Waals surface area (Å²) in [5.41, 5.74) is -1.17. The van der Waals surface area contributed by atoms with E-state index in [0.29, 0.717) is 43.9 Å². The molecule has 1 aliphatic heterocycles. The first-order valence-corrected chi connectivity index (χ1v) is 11.2. The van der Waals surface area contributed by atoms with Crippen LogP contribution in [-0.2, 0) is 13.3 Å². The van der Waals surface area contributed by atoms with Gasteiger partial charge in [-0.15, -0.1) is 0 Å². The molecule has 2 N–H and O–H groups in total. The van der Waals surface area contributed by atoms with E-state index < -0.39 is 14.5 Å². The van der Waals surface area contributed by atoms with E-state index in [1.807, 2.05) is 46.4 Å². The molecule has 24 heavy (non-hydrogen) atoms. The molecule has 0 amide bonds. The summed E-state index contributed by atoms with van der Waals surface area (Å²) in [6, 6.07) is 0.709. The van der Waals surface area contributed by atoms with Crippen molar-refractivity contribution < 1.29 is 18.4 Å². The van der Waals surface area contributed by atoms with Crippen LogP contribution in [0.3, 0.4) is 0 Å². The summed E-state index contributed by atoms with van der Waals surface area (Å²) in [5.74, 6) is 0. The summed E-state index contributed by atoms with van der Waals surface area (Å²) in [6.07, 6.45) is 1.38. The molecule has 142 valence electrons. The minimum absolute atomic E-state index is 0.211. The fourth-order valence-corrected chi connectivity index (χ4v) is 6.51. The number of nitrogens with zero attached hydrogens (tertiary/aromatic N) is 1. The first-order valence-electron chi connectivity index (χ1n) is 8.85. The van der Waals surface area contributed by atoms with Crippen LogP contribution < -0.4 is 5.32 Å². The molecule has 1 heterocycles. The van der Waals surface area contributed by atoms with Gasteiger partial charge in [-0.1, -0.05) is 0 Å². The predicted molar refractivity (Wildman–Crippen MR) is 102 cm³/mol. The Morgan fingerprint density at radius 1 is 1.12 bits per heavy atom. The maximum atomic E-state index is 10.8. The monoisotopic (exact) mass is 378 g/mol. The second-order valence-electron chi connectivity index (χ2n) is 6.95. The van der Waals surface area contributed by atoms with Crippen LogP contribution in [0.15, 0.2) is 0 Å². The molecule has 8 heteroatoms. The average molecular weight is 379 g/mol. The van der Waals surface area contributed by atoms with E-state index in [2.05, 4.69) is 5.32 Å². The highest BCUT2D eigenvalue weighted by Crippen LogP contribution is 2.30. The maximum absolute atomic E-state index is 10.8. The number of rotatable bonds is 10. The standard InChI is InChI=1S/C16H34N2O4SSi/c1-7-20-24(21-8-2,22-9-3)12-10-11-18-14(23)17-15(4,5)13-16(18,6)19/h19H,7-13H2,1-6H3,(H,17,23)/t16-/m1/s1. The lowest BCUT2D eigenvalue weighted by Gasteiger charge is -2.50. The lowest BCUT2D eigenvalue weighted by molar-refractivity contribution is -0.0884. The summed E-state index contributed by atoms with van der Waals surface area (Å²) in [6.45, 7) is 14.1. The molecular formula is C16H34N2O4SSi. The minimum atomic E-state index is -2.65. The van der Waals surface area contributed by atoms with Gasteiger partial charge in [0.15, 0.2) is 5.11 Å². The van der Waals surface area contributed by atoms with Crippen LogP contribution in [0.5, 0.6) is 0 Å². The van der Waals surface area contributed by atoms with E-state index >= 15 is 0 Å². The molecule has 1 atom stereocenters. The van der Waals surface area contributed by atoms with Crippen LogP contribution in [0.1, 0.15) is 54.4 Å². The topological polar surface area (TPSA) is 63.2 Å². The first-order chi connectivity index (χ1) is 11.1. The van der Waals surface area contributed by atoms with Gasteiger partial charge < -0.3 is 28.6 Å². The average Bonchev–Trinajstić information content (AvgIpc) is 2.41. The van der Waals surface area contributed by atoms with Gasteiger partial charge in [0, 0.05) is 44.4 Å². The van der Waals surface area contributed by atoms with Crippen LogP contribution in [0.25, 0.3) is 0 Å². The molecule has 0 aromatic rings. The minimum Gasteiger partial charge on any atom is -0.374 e. The Kier molecular flexibility index (Phi) is 8.09. The van der Waals surface area contributed by atoms with Crippen molar-refractivity contribution in [2.45, 2.75) is 71.7 Å². The highest BCUT2D eigenvalue weighted by molar-refractivity contribution is 7.80. The van der Waals surface area contributed by atoms with Crippen molar-refractivity contribution >= 4 is 26.1 Å². The molecule has 0 unspecified atom stereocenters. The summed E-state index contributed by atoms with van der Waals surface area (Å²) in [7, 11) is -2.65. The SMILES string of the molecule is CCO[Si](CCCN1C(=S)NC(C)(C)C[C@@]1(C)O)(OCC)OCC. The Hall–Kier alpha value is -0.253. The van der Waals surface area contributed by atoms with Crippen LogP contribution >= 0.6 is 12.2 Å². The van der Waals surface area contributed by atoms with Gasteiger partial charge in [0.25, 0.3) is 0 Å². The van der Waals surface area contributed by atoms with Crippen LogP contribution in [0.2, 0.25) is 6.04 Å². The molecule has 1 rings (SSSR count). The zero-order valence-corrected chi connectivity index (χ0v) is 17.8. The summed E-state index contributed by atoms with van der Waals surface area (Å²) < 4.78 is 17.6. The van der Waals surface area contributed by atoms with Gasteiger partial charge in [-0.25, -0.2) is 0 Å². The Bertz CT molecular complexity index is 404. The third kappa shape index (κ3) is 5.93. The highest BCUT2D eigenvalue weighted by Gasteiger charge is 2.44. The Morgan fingerprint density at radius 3 is 2.04 bits per heavy atom. The zero-order chi connectivity index (χ0) is 18.4. The number of nitrogens with one attached hydrogen (secondary N) is 1. The van der Waals surface area contributed by atoms with Crippen molar-refractivity contribution in [3.63, 3.8) is 0 Å². The number of aliphatic hydroxyl groups is 1. The molecule has 6 nitrogen and oxygen atoms in total. The Labute approximate surface area is 153 Å². The van der Waals surface area contributed by atoms with Crippen molar-refractivity contribution in [3.8, 4) is 0 Å². The maximum Gasteiger partial charge on any atom is 0.500 e. The van der Waals surface area contributed by atoms with E-state index in [9.17, 15) is 5.11 Å². The molecule has 1 aliphatic rings. The van der Waals surface area contributed by atoms with E-state index in [-0.39, 0.29) is 5.54 Å². The molecule has 0 saturated carbocycles. The van der Waals surface area contributed by atoms with Crippen molar-refractivity contribution in [2.24, 2.45) is 0 Å². The number of hydrogen-bond acceptors (Lipinski definition) is 5. The fraction of sp³-hybridized carbons (Fsp3) is 0.938. The van der Waals surface area contributed by atoms with Gasteiger partial charge in [-0.3, -0.25) is 0 Å². The Morgan fingerprint density at radius 2 is 1.62 bits per heavy atom. The van der Waals surface area contributed by atoms with Crippen molar-refractivity contribution in [1.29, 1.82) is 0 Å². The number of thiocarbonyl (C=S) groups is 1. The van der Waals surface area contributed by atoms with E-state index in [4.69, 9.17) is 25.5 Å². The van der Waals surface area contributed by atoms with Gasteiger partial charge in [0.2, 0.25) is 0 Å². The lowest BCUT2D eigenvalue weighted by Crippen LogP contribution is -2.66. The molecule has 0 aromatic heterocycles. The third-order valence-electron chi connectivity index (χ3n) is 4.01. The van der Waals surface area contributed by atoms with Crippen LogP contribution in [-0.4, -0.2) is 61.6 Å². The normalized spacial score (nSPS) is 24.1. The molecule has 0 spiro atoms. The quantitative estimate of drug-likeness (QED) is 0.447. The largest absolute Gasteiger partial charge is 0.500 e. The molecule has 1 saturated heterocycles. The summed E-state index contributed by atoms with van der Waals surface area (Å²) in [4.78, 5) is 1.86. The second-order valence-corrected chi connectivity index (χ2v) is 10.1. The highest BCUT2D eigenvalue weighted by atomic mass is 32.1. The van der Waals surface area contributed by atoms with E-state index in [1.54, 1.807) is 0 Å². The van der Waals surface area contributed by atoms with Crippen LogP contribution in [0, 0.1) is 0 Å². The zero-order valence-electron chi connectivity index (χ0n) is 16.0. The Balaban J connectivity index is 2.70. The van der Waals surface area contributed by atoms with Gasteiger partial charge in [-0.05, 0) is 60.2 Å². The van der Waals surface area contributed by atoms with E-state index in [1.165, 1.54) is 0 Å². The molecule has 0 aromatic carbocycles. The number of hydrogen-bond donors (Lipinski definition) is 2. The fourth-order valence-electron chi connectivity index (χ4n) is 3.35. The molecule has 0 bridgehead atoms.